The molecule has 0 aliphatic carbocycles. The van der Waals surface area contributed by atoms with Crippen molar-refractivity contribution in [1.29, 1.82) is 0 Å². The first-order valence-corrected chi connectivity index (χ1v) is 18.4. The summed E-state index contributed by atoms with van der Waals surface area (Å²) in [6, 6.07) is -0.612. The maximum Gasteiger partial charge on any atom is 0.362 e. The van der Waals surface area contributed by atoms with Crippen molar-refractivity contribution >= 4 is 17.9 Å². The van der Waals surface area contributed by atoms with Gasteiger partial charge in [-0.15, -0.1) is 0 Å². The van der Waals surface area contributed by atoms with E-state index in [0.29, 0.717) is 19.3 Å². The van der Waals surface area contributed by atoms with Gasteiger partial charge in [-0.25, -0.2) is 4.79 Å². The summed E-state index contributed by atoms with van der Waals surface area (Å²) in [4.78, 5) is 36.5. The lowest BCUT2D eigenvalue weighted by Gasteiger charge is -2.31. The minimum atomic E-state index is -0.879. The van der Waals surface area contributed by atoms with E-state index in [2.05, 4.69) is 38.2 Å². The van der Waals surface area contributed by atoms with Crippen LogP contribution >= 0.6 is 0 Å². The van der Waals surface area contributed by atoms with Gasteiger partial charge in [0.2, 0.25) is 0 Å². The molecule has 0 bridgehead atoms. The molecule has 0 saturated heterocycles. The standard InChI is InChI=1S/C38H69NO7/c1-6-8-10-12-14-15-16-17-18-19-20-21-22-23-25-27-29-37(41)46-34(32-44-31-30-35(38(42)43)39(3,4)5)33-45-36(40)28-26-24-13-11-9-7-2/h15-16,18-19,34-35H,6-14,17,20-33H2,1-5H3/p+1/b16-15-,19-18-. The number of aliphatic carboxylic acids is 1. The van der Waals surface area contributed by atoms with Crippen LogP contribution in [0.5, 0.6) is 0 Å². The normalized spacial score (nSPS) is 13.3. The third kappa shape index (κ3) is 28.1. The number of esters is 2. The quantitative estimate of drug-likeness (QED) is 0.0335. The SMILES string of the molecule is CCCCCC/C=C\C/C=C\CCCCCCCC(=O)OC(COCCC(C(=O)O)[N+](C)(C)C)COC(=O)CCCCCCCC. The Balaban J connectivity index is 4.38. The Bertz CT molecular complexity index is 818. The smallest absolute Gasteiger partial charge is 0.362 e. The summed E-state index contributed by atoms with van der Waals surface area (Å²) in [7, 11) is 5.50. The van der Waals surface area contributed by atoms with Crippen molar-refractivity contribution in [2.24, 2.45) is 0 Å². The first kappa shape index (κ1) is 43.8. The number of unbranched alkanes of at least 4 members (excludes halogenated alkanes) is 14. The zero-order valence-electron chi connectivity index (χ0n) is 30.3. The van der Waals surface area contributed by atoms with Crippen molar-refractivity contribution in [2.45, 2.75) is 161 Å². The largest absolute Gasteiger partial charge is 0.477 e. The lowest BCUT2D eigenvalue weighted by molar-refractivity contribution is -0.887. The molecular weight excluding hydrogens is 582 g/mol. The third-order valence-electron chi connectivity index (χ3n) is 8.10. The number of carbonyl (C=O) groups is 3. The van der Waals surface area contributed by atoms with E-state index in [-0.39, 0.29) is 36.2 Å². The maximum atomic E-state index is 12.6. The Hall–Kier alpha value is -2.19. The van der Waals surface area contributed by atoms with Crippen LogP contribution in [-0.2, 0) is 28.6 Å². The van der Waals surface area contributed by atoms with Gasteiger partial charge in [-0.1, -0.05) is 109 Å². The number of nitrogens with zero attached hydrogens (tertiary/aromatic N) is 1. The number of quaternary nitrogens is 1. The summed E-state index contributed by atoms with van der Waals surface area (Å²) in [5.74, 6) is -1.50. The second kappa shape index (κ2) is 30.2. The molecule has 8 heteroatoms. The van der Waals surface area contributed by atoms with Gasteiger partial charge in [0.25, 0.3) is 0 Å². The van der Waals surface area contributed by atoms with Gasteiger partial charge in [0, 0.05) is 19.3 Å². The van der Waals surface area contributed by atoms with Gasteiger partial charge in [0.15, 0.2) is 12.1 Å². The fourth-order valence-corrected chi connectivity index (χ4v) is 5.18. The van der Waals surface area contributed by atoms with Crippen molar-refractivity contribution in [3.8, 4) is 0 Å². The summed E-state index contributed by atoms with van der Waals surface area (Å²) in [6.07, 6.45) is 29.5. The molecule has 2 unspecified atom stereocenters. The van der Waals surface area contributed by atoms with E-state index < -0.39 is 18.1 Å². The van der Waals surface area contributed by atoms with Crippen LogP contribution in [0.4, 0.5) is 0 Å². The van der Waals surface area contributed by atoms with Crippen LogP contribution in [0.25, 0.3) is 0 Å². The Morgan fingerprint density at radius 3 is 1.70 bits per heavy atom. The Morgan fingerprint density at radius 2 is 1.15 bits per heavy atom. The fraction of sp³-hybridized carbons (Fsp3) is 0.816. The predicted octanol–water partition coefficient (Wildman–Crippen LogP) is 8.96. The highest BCUT2D eigenvalue weighted by molar-refractivity contribution is 5.72. The number of carboxylic acid groups (broad SMARTS) is 1. The molecule has 0 fully saturated rings. The lowest BCUT2D eigenvalue weighted by atomic mass is 10.1. The van der Waals surface area contributed by atoms with Crippen molar-refractivity contribution in [1.82, 2.24) is 0 Å². The molecule has 0 aliphatic rings. The fourth-order valence-electron chi connectivity index (χ4n) is 5.18. The van der Waals surface area contributed by atoms with Crippen molar-refractivity contribution < 1.29 is 38.2 Å². The zero-order chi connectivity index (χ0) is 34.3. The molecule has 1 N–H and O–H groups in total. The molecule has 0 spiro atoms. The van der Waals surface area contributed by atoms with Crippen LogP contribution in [0.15, 0.2) is 24.3 Å². The Morgan fingerprint density at radius 1 is 0.652 bits per heavy atom. The van der Waals surface area contributed by atoms with Gasteiger partial charge in [0.05, 0.1) is 34.4 Å². The molecule has 46 heavy (non-hydrogen) atoms. The van der Waals surface area contributed by atoms with E-state index in [1.807, 2.05) is 21.1 Å². The van der Waals surface area contributed by atoms with E-state index >= 15 is 0 Å². The number of likely N-dealkylation sites (N-methyl/N-ethyl adjacent to an activating group) is 1. The molecule has 2 atom stereocenters. The van der Waals surface area contributed by atoms with E-state index in [1.54, 1.807) is 0 Å². The first-order chi connectivity index (χ1) is 22.1. The molecule has 0 rings (SSSR count). The van der Waals surface area contributed by atoms with Crippen molar-refractivity contribution in [3.05, 3.63) is 24.3 Å². The van der Waals surface area contributed by atoms with Gasteiger partial charge in [0.1, 0.15) is 6.61 Å². The predicted molar refractivity (Wildman–Crippen MR) is 188 cm³/mol. The van der Waals surface area contributed by atoms with E-state index in [9.17, 15) is 19.5 Å². The van der Waals surface area contributed by atoms with Gasteiger partial charge in [-0.05, 0) is 44.9 Å². The van der Waals surface area contributed by atoms with Crippen LogP contribution in [0, 0.1) is 0 Å². The van der Waals surface area contributed by atoms with Crippen molar-refractivity contribution in [3.63, 3.8) is 0 Å². The number of allylic oxidation sites excluding steroid dienone is 4. The zero-order valence-corrected chi connectivity index (χ0v) is 30.3. The average Bonchev–Trinajstić information content (AvgIpc) is 3.00. The number of rotatable bonds is 32. The third-order valence-corrected chi connectivity index (χ3v) is 8.10. The Labute approximate surface area is 281 Å². The summed E-state index contributed by atoms with van der Waals surface area (Å²) in [6.45, 7) is 4.62. The molecule has 0 heterocycles. The molecule has 8 nitrogen and oxygen atoms in total. The summed E-state index contributed by atoms with van der Waals surface area (Å²) < 4.78 is 17.1. The molecule has 0 aromatic carbocycles. The average molecular weight is 653 g/mol. The van der Waals surface area contributed by atoms with Crippen LogP contribution in [-0.4, -0.2) is 80.6 Å². The highest BCUT2D eigenvalue weighted by Crippen LogP contribution is 2.12. The number of carboxylic acids is 1. The van der Waals surface area contributed by atoms with Crippen LogP contribution in [0.2, 0.25) is 0 Å². The minimum absolute atomic E-state index is 0.0552. The second-order valence-electron chi connectivity index (χ2n) is 13.5. The topological polar surface area (TPSA) is 99.1 Å². The molecular formula is C38H70NO7+. The molecule has 0 amide bonds. The minimum Gasteiger partial charge on any atom is -0.477 e. The van der Waals surface area contributed by atoms with Crippen molar-refractivity contribution in [2.75, 3.05) is 41.0 Å². The molecule has 0 aromatic heterocycles. The van der Waals surface area contributed by atoms with Crippen LogP contribution in [0.3, 0.4) is 0 Å². The molecule has 0 radical (unpaired) electrons. The molecule has 268 valence electrons. The van der Waals surface area contributed by atoms with Gasteiger partial charge in [-0.2, -0.15) is 0 Å². The summed E-state index contributed by atoms with van der Waals surface area (Å²) >= 11 is 0. The van der Waals surface area contributed by atoms with Crippen LogP contribution in [0.1, 0.15) is 149 Å². The van der Waals surface area contributed by atoms with Gasteiger partial charge < -0.3 is 23.8 Å². The molecule has 0 saturated carbocycles. The summed E-state index contributed by atoms with van der Waals surface area (Å²) in [5, 5.41) is 9.55. The monoisotopic (exact) mass is 653 g/mol. The van der Waals surface area contributed by atoms with E-state index in [1.165, 1.54) is 51.4 Å². The Kier molecular flexibility index (Phi) is 28.7. The maximum absolute atomic E-state index is 12.6. The molecule has 0 aliphatic heterocycles. The first-order valence-electron chi connectivity index (χ1n) is 18.4. The number of hydrogen-bond acceptors (Lipinski definition) is 6. The number of carbonyl (C=O) groups excluding carboxylic acids is 2. The van der Waals surface area contributed by atoms with Gasteiger partial charge in [-0.3, -0.25) is 9.59 Å². The second-order valence-corrected chi connectivity index (χ2v) is 13.5. The van der Waals surface area contributed by atoms with E-state index in [0.717, 1.165) is 64.2 Å². The van der Waals surface area contributed by atoms with E-state index in [4.69, 9.17) is 14.2 Å². The van der Waals surface area contributed by atoms with Crippen LogP contribution < -0.4 is 0 Å². The van der Waals surface area contributed by atoms with Gasteiger partial charge >= 0.3 is 17.9 Å². The number of hydrogen-bond donors (Lipinski definition) is 1. The molecule has 0 aromatic rings. The summed E-state index contributed by atoms with van der Waals surface area (Å²) in [5.41, 5.74) is 0. The highest BCUT2D eigenvalue weighted by atomic mass is 16.6. The number of ether oxygens (including phenoxy) is 3. The lowest BCUT2D eigenvalue weighted by Crippen LogP contribution is -2.50. The highest BCUT2D eigenvalue weighted by Gasteiger charge is 2.31.